The number of nitrogens with zero attached hydrogens (tertiary/aromatic N) is 1. The average Bonchev–Trinajstić information content (AvgIpc) is 2.07. The molecule has 0 aliphatic rings. The maximum Gasteiger partial charge on any atom is 0.339 e. The first-order valence-electron chi connectivity index (χ1n) is 3.41. The molecular formula is C8H9NO2Pt. The van der Waals surface area contributed by atoms with Gasteiger partial charge in [0.25, 0.3) is 0 Å². The smallest absolute Gasteiger partial charge is 0.339 e. The molecule has 68 valence electrons. The van der Waals surface area contributed by atoms with Gasteiger partial charge in [0.15, 0.2) is 0 Å². The van der Waals surface area contributed by atoms with E-state index in [1.807, 2.05) is 0 Å². The van der Waals surface area contributed by atoms with Crippen molar-refractivity contribution in [3.05, 3.63) is 30.1 Å². The summed E-state index contributed by atoms with van der Waals surface area (Å²) in [6, 6.07) is 3.37. The zero-order valence-corrected chi connectivity index (χ0v) is 8.87. The normalized spacial score (nSPS) is 8.42. The average molecular weight is 346 g/mol. The molecule has 1 aromatic rings. The Labute approximate surface area is 85.4 Å². The zero-order valence-electron chi connectivity index (χ0n) is 6.60. The molecule has 0 amide bonds. The van der Waals surface area contributed by atoms with Gasteiger partial charge in [0.2, 0.25) is 0 Å². The van der Waals surface area contributed by atoms with Gasteiger partial charge in [0.05, 0.1) is 12.2 Å². The van der Waals surface area contributed by atoms with Crippen LogP contribution in [0.5, 0.6) is 0 Å². The number of ether oxygens (including phenoxy) is 1. The molecule has 0 saturated heterocycles. The third-order valence-corrected chi connectivity index (χ3v) is 1.17. The van der Waals surface area contributed by atoms with Crippen molar-refractivity contribution in [1.29, 1.82) is 0 Å². The van der Waals surface area contributed by atoms with Gasteiger partial charge in [-0.3, -0.25) is 4.98 Å². The number of aromatic nitrogens is 1. The molecule has 0 fully saturated rings. The van der Waals surface area contributed by atoms with Gasteiger partial charge < -0.3 is 4.74 Å². The molecule has 1 heterocycles. The number of carbonyl (C=O) groups is 1. The Kier molecular flexibility index (Phi) is 5.56. The van der Waals surface area contributed by atoms with Crippen LogP contribution in [0.2, 0.25) is 0 Å². The molecule has 1 rings (SSSR count). The fourth-order valence-electron chi connectivity index (χ4n) is 0.698. The van der Waals surface area contributed by atoms with Crippen molar-refractivity contribution in [1.82, 2.24) is 4.98 Å². The number of hydrogen-bond acceptors (Lipinski definition) is 3. The van der Waals surface area contributed by atoms with Crippen molar-refractivity contribution in [2.24, 2.45) is 0 Å². The van der Waals surface area contributed by atoms with Gasteiger partial charge in [0.1, 0.15) is 0 Å². The van der Waals surface area contributed by atoms with Crippen molar-refractivity contribution in [2.45, 2.75) is 6.92 Å². The van der Waals surface area contributed by atoms with Crippen LogP contribution in [0.25, 0.3) is 0 Å². The summed E-state index contributed by atoms with van der Waals surface area (Å²) in [4.78, 5) is 14.8. The van der Waals surface area contributed by atoms with Crippen molar-refractivity contribution in [3.63, 3.8) is 0 Å². The summed E-state index contributed by atoms with van der Waals surface area (Å²) in [6.07, 6.45) is 3.10. The topological polar surface area (TPSA) is 39.2 Å². The summed E-state index contributed by atoms with van der Waals surface area (Å²) in [5.41, 5.74) is 0.495. The Morgan fingerprint density at radius 1 is 1.67 bits per heavy atom. The standard InChI is InChI=1S/C8H9NO2.Pt/c1-2-11-8(10)7-4-3-5-9-6-7;/h3-6H,2H2,1H3;. The van der Waals surface area contributed by atoms with Crippen LogP contribution in [0, 0.1) is 0 Å². The maximum absolute atomic E-state index is 11.0. The van der Waals surface area contributed by atoms with E-state index >= 15 is 0 Å². The second kappa shape index (κ2) is 5.90. The molecule has 0 aromatic carbocycles. The van der Waals surface area contributed by atoms with Crippen molar-refractivity contribution in [2.75, 3.05) is 6.61 Å². The van der Waals surface area contributed by atoms with Gasteiger partial charge in [0, 0.05) is 33.5 Å². The van der Waals surface area contributed by atoms with Crippen LogP contribution in [0.15, 0.2) is 24.5 Å². The van der Waals surface area contributed by atoms with Gasteiger partial charge in [-0.15, -0.1) is 0 Å². The van der Waals surface area contributed by atoms with Crippen LogP contribution in [0.1, 0.15) is 17.3 Å². The number of pyridine rings is 1. The van der Waals surface area contributed by atoms with Crippen LogP contribution in [-0.4, -0.2) is 17.6 Å². The minimum absolute atomic E-state index is 0. The summed E-state index contributed by atoms with van der Waals surface area (Å²) in [6.45, 7) is 2.17. The molecule has 0 radical (unpaired) electrons. The molecule has 0 atom stereocenters. The van der Waals surface area contributed by atoms with Crippen molar-refractivity contribution < 1.29 is 30.6 Å². The minimum Gasteiger partial charge on any atom is -0.462 e. The fraction of sp³-hybridized carbons (Fsp3) is 0.250. The third kappa shape index (κ3) is 3.14. The maximum atomic E-state index is 11.0. The zero-order chi connectivity index (χ0) is 8.10. The van der Waals surface area contributed by atoms with E-state index in [4.69, 9.17) is 4.74 Å². The van der Waals surface area contributed by atoms with E-state index in [9.17, 15) is 4.79 Å². The van der Waals surface area contributed by atoms with Crippen LogP contribution < -0.4 is 0 Å². The summed E-state index contributed by atoms with van der Waals surface area (Å²) < 4.78 is 4.75. The fourth-order valence-corrected chi connectivity index (χ4v) is 0.698. The summed E-state index contributed by atoms with van der Waals surface area (Å²) >= 11 is 0. The predicted molar refractivity (Wildman–Crippen MR) is 40.2 cm³/mol. The molecule has 3 nitrogen and oxygen atoms in total. The Bertz CT molecular complexity index is 238. The predicted octanol–water partition coefficient (Wildman–Crippen LogP) is 1.26. The van der Waals surface area contributed by atoms with E-state index in [0.717, 1.165) is 0 Å². The SMILES string of the molecule is CCOC(=O)c1cccnc1.[Pt]. The Hall–Kier alpha value is -0.692. The van der Waals surface area contributed by atoms with E-state index in [2.05, 4.69) is 4.98 Å². The van der Waals surface area contributed by atoms with E-state index in [-0.39, 0.29) is 27.0 Å². The monoisotopic (exact) mass is 346 g/mol. The number of hydrogen-bond donors (Lipinski definition) is 0. The van der Waals surface area contributed by atoms with E-state index in [1.165, 1.54) is 6.20 Å². The molecule has 0 bridgehead atoms. The van der Waals surface area contributed by atoms with Crippen LogP contribution >= 0.6 is 0 Å². The Morgan fingerprint density at radius 3 is 2.92 bits per heavy atom. The van der Waals surface area contributed by atoms with Crippen LogP contribution in [0.3, 0.4) is 0 Å². The minimum atomic E-state index is -0.319. The van der Waals surface area contributed by atoms with Gasteiger partial charge >= 0.3 is 5.97 Å². The number of rotatable bonds is 2. The second-order valence-corrected chi connectivity index (χ2v) is 1.96. The number of carbonyl (C=O) groups excluding carboxylic acids is 1. The molecule has 12 heavy (non-hydrogen) atoms. The molecular weight excluding hydrogens is 337 g/mol. The molecule has 0 unspecified atom stereocenters. The first-order valence-corrected chi connectivity index (χ1v) is 3.41. The van der Waals surface area contributed by atoms with Gasteiger partial charge in [-0.05, 0) is 19.1 Å². The molecule has 0 aliphatic heterocycles. The van der Waals surface area contributed by atoms with Gasteiger partial charge in [-0.1, -0.05) is 0 Å². The van der Waals surface area contributed by atoms with Gasteiger partial charge in [-0.2, -0.15) is 0 Å². The summed E-state index contributed by atoms with van der Waals surface area (Å²) in [5.74, 6) is -0.319. The van der Waals surface area contributed by atoms with Crippen LogP contribution in [-0.2, 0) is 25.8 Å². The van der Waals surface area contributed by atoms with Crippen molar-refractivity contribution >= 4 is 5.97 Å². The molecule has 0 spiro atoms. The van der Waals surface area contributed by atoms with Crippen molar-refractivity contribution in [3.8, 4) is 0 Å². The third-order valence-electron chi connectivity index (χ3n) is 1.17. The quantitative estimate of drug-likeness (QED) is 0.757. The van der Waals surface area contributed by atoms with E-state index in [0.29, 0.717) is 12.2 Å². The largest absolute Gasteiger partial charge is 0.462 e. The summed E-state index contributed by atoms with van der Waals surface area (Å²) in [5, 5.41) is 0. The Morgan fingerprint density at radius 2 is 2.42 bits per heavy atom. The number of esters is 1. The second-order valence-electron chi connectivity index (χ2n) is 1.96. The first kappa shape index (κ1) is 11.3. The van der Waals surface area contributed by atoms with Gasteiger partial charge in [-0.25, -0.2) is 4.79 Å². The Balaban J connectivity index is 0.00000121. The molecule has 0 aliphatic carbocycles. The molecule has 0 N–H and O–H groups in total. The van der Waals surface area contributed by atoms with E-state index < -0.39 is 0 Å². The molecule has 0 saturated carbocycles. The molecule has 4 heteroatoms. The van der Waals surface area contributed by atoms with E-state index in [1.54, 1.807) is 25.3 Å². The summed E-state index contributed by atoms with van der Waals surface area (Å²) in [7, 11) is 0. The first-order chi connectivity index (χ1) is 5.34. The molecule has 1 aromatic heterocycles. The van der Waals surface area contributed by atoms with Crippen LogP contribution in [0.4, 0.5) is 0 Å².